The number of carbonyl (C=O) groups is 1. The first-order valence-corrected chi connectivity index (χ1v) is 6.34. The Balaban J connectivity index is 1.47. The van der Waals surface area contributed by atoms with E-state index < -0.39 is 0 Å². The molecule has 3 heteroatoms. The Bertz CT molecular complexity index is 260. The molecule has 3 unspecified atom stereocenters. The highest BCUT2D eigenvalue weighted by Gasteiger charge is 2.47. The van der Waals surface area contributed by atoms with Crippen molar-refractivity contribution in [3.8, 4) is 0 Å². The topological polar surface area (TPSA) is 32.3 Å². The molecule has 1 amide bonds. The Hall–Kier alpha value is -0.570. The third-order valence-corrected chi connectivity index (χ3v) is 4.29. The maximum absolute atomic E-state index is 11.9. The summed E-state index contributed by atoms with van der Waals surface area (Å²) in [4.78, 5) is 14.0. The van der Waals surface area contributed by atoms with Gasteiger partial charge in [-0.15, -0.1) is 0 Å². The summed E-state index contributed by atoms with van der Waals surface area (Å²) in [6.07, 6.45) is 4.95. The zero-order valence-electron chi connectivity index (χ0n) is 9.24. The van der Waals surface area contributed by atoms with E-state index in [4.69, 9.17) is 0 Å². The number of carbonyl (C=O) groups excluding carboxylic acids is 1. The van der Waals surface area contributed by atoms with Crippen molar-refractivity contribution in [3.05, 3.63) is 0 Å². The quantitative estimate of drug-likeness (QED) is 0.746. The molecule has 0 aromatic heterocycles. The van der Waals surface area contributed by atoms with Crippen LogP contribution in [0.3, 0.4) is 0 Å². The lowest BCUT2D eigenvalue weighted by Gasteiger charge is -2.27. The largest absolute Gasteiger partial charge is 0.342 e. The Kier molecular flexibility index (Phi) is 2.43. The molecular weight excluding hydrogens is 188 g/mol. The number of fused-ring (bicyclic) bond motifs is 1. The molecular formula is C12H20N2O. The van der Waals surface area contributed by atoms with Crippen LogP contribution in [-0.2, 0) is 4.79 Å². The lowest BCUT2D eigenvalue weighted by molar-refractivity contribution is -0.134. The monoisotopic (exact) mass is 208 g/mol. The number of amides is 1. The molecule has 2 heterocycles. The van der Waals surface area contributed by atoms with E-state index >= 15 is 0 Å². The number of nitrogens with zero attached hydrogens (tertiary/aromatic N) is 1. The van der Waals surface area contributed by atoms with Crippen molar-refractivity contribution in [1.29, 1.82) is 0 Å². The van der Waals surface area contributed by atoms with Gasteiger partial charge in [-0.3, -0.25) is 4.79 Å². The first kappa shape index (κ1) is 9.64. The molecule has 15 heavy (non-hydrogen) atoms. The van der Waals surface area contributed by atoms with Gasteiger partial charge in [-0.2, -0.15) is 0 Å². The summed E-state index contributed by atoms with van der Waals surface area (Å²) in [6, 6.07) is 0. The number of hydrogen-bond donors (Lipinski definition) is 1. The van der Waals surface area contributed by atoms with Gasteiger partial charge >= 0.3 is 0 Å². The molecule has 1 N–H and O–H groups in total. The summed E-state index contributed by atoms with van der Waals surface area (Å²) < 4.78 is 0. The molecule has 3 aliphatic rings. The van der Waals surface area contributed by atoms with Gasteiger partial charge in [0, 0.05) is 19.0 Å². The van der Waals surface area contributed by atoms with E-state index in [0.717, 1.165) is 31.5 Å². The van der Waals surface area contributed by atoms with Crippen molar-refractivity contribution in [2.24, 2.45) is 17.8 Å². The molecule has 0 aromatic carbocycles. The first-order chi connectivity index (χ1) is 7.34. The summed E-state index contributed by atoms with van der Waals surface area (Å²) in [5.41, 5.74) is 0. The number of nitrogens with one attached hydrogen (secondary N) is 1. The molecule has 0 aromatic rings. The van der Waals surface area contributed by atoms with Crippen LogP contribution in [0.15, 0.2) is 0 Å². The minimum absolute atomic E-state index is 0.431. The standard InChI is InChI=1S/C12H20N2O/c15-12-11-7-10(11)3-6-14(12)5-2-9-1-4-13-8-9/h9-11,13H,1-8H2. The van der Waals surface area contributed by atoms with Crippen LogP contribution in [0.25, 0.3) is 0 Å². The fourth-order valence-corrected chi connectivity index (χ4v) is 3.06. The summed E-state index contributed by atoms with van der Waals surface area (Å²) >= 11 is 0. The van der Waals surface area contributed by atoms with Crippen LogP contribution < -0.4 is 5.32 Å². The van der Waals surface area contributed by atoms with E-state index in [1.165, 1.54) is 32.2 Å². The zero-order valence-corrected chi connectivity index (χ0v) is 9.24. The second kappa shape index (κ2) is 3.78. The third-order valence-electron chi connectivity index (χ3n) is 4.29. The SMILES string of the molecule is O=C1C2CC2CCN1CCC1CCNC1. The van der Waals surface area contributed by atoms with E-state index in [1.54, 1.807) is 0 Å². The van der Waals surface area contributed by atoms with Crippen LogP contribution in [0.5, 0.6) is 0 Å². The summed E-state index contributed by atoms with van der Waals surface area (Å²) in [7, 11) is 0. The number of hydrogen-bond acceptors (Lipinski definition) is 2. The summed E-state index contributed by atoms with van der Waals surface area (Å²) in [6.45, 7) is 4.37. The fourth-order valence-electron chi connectivity index (χ4n) is 3.06. The van der Waals surface area contributed by atoms with E-state index in [-0.39, 0.29) is 0 Å². The fraction of sp³-hybridized carbons (Fsp3) is 0.917. The molecule has 2 aliphatic heterocycles. The Morgan fingerprint density at radius 3 is 3.13 bits per heavy atom. The highest BCUT2D eigenvalue weighted by molar-refractivity contribution is 5.82. The normalized spacial score (nSPS) is 39.3. The second-order valence-corrected chi connectivity index (χ2v) is 5.36. The molecule has 2 saturated heterocycles. The second-order valence-electron chi connectivity index (χ2n) is 5.36. The van der Waals surface area contributed by atoms with Gasteiger partial charge in [0.1, 0.15) is 0 Å². The molecule has 0 spiro atoms. The third kappa shape index (κ3) is 1.89. The molecule has 3 atom stereocenters. The van der Waals surface area contributed by atoms with Gasteiger partial charge in [0.2, 0.25) is 5.91 Å². The van der Waals surface area contributed by atoms with E-state index in [2.05, 4.69) is 10.2 Å². The van der Waals surface area contributed by atoms with Crippen LogP contribution in [-0.4, -0.2) is 37.0 Å². The van der Waals surface area contributed by atoms with E-state index in [0.29, 0.717) is 11.8 Å². The molecule has 3 nitrogen and oxygen atoms in total. The lowest BCUT2D eigenvalue weighted by Crippen LogP contribution is -2.38. The van der Waals surface area contributed by atoms with Crippen molar-refractivity contribution in [1.82, 2.24) is 10.2 Å². The van der Waals surface area contributed by atoms with Crippen LogP contribution in [0.1, 0.15) is 25.7 Å². The highest BCUT2D eigenvalue weighted by Crippen LogP contribution is 2.45. The molecule has 1 saturated carbocycles. The molecule has 3 rings (SSSR count). The van der Waals surface area contributed by atoms with Crippen LogP contribution in [0.4, 0.5) is 0 Å². The molecule has 0 bridgehead atoms. The van der Waals surface area contributed by atoms with Crippen molar-refractivity contribution >= 4 is 5.91 Å². The van der Waals surface area contributed by atoms with Crippen molar-refractivity contribution < 1.29 is 4.79 Å². The molecule has 0 radical (unpaired) electrons. The molecule has 1 aliphatic carbocycles. The number of piperidine rings is 1. The Labute approximate surface area is 91.2 Å². The summed E-state index contributed by atoms with van der Waals surface area (Å²) in [5, 5.41) is 3.38. The maximum Gasteiger partial charge on any atom is 0.225 e. The highest BCUT2D eigenvalue weighted by atomic mass is 16.2. The number of likely N-dealkylation sites (tertiary alicyclic amines) is 1. The number of rotatable bonds is 3. The van der Waals surface area contributed by atoms with Gasteiger partial charge < -0.3 is 10.2 Å². The first-order valence-electron chi connectivity index (χ1n) is 6.34. The predicted molar refractivity (Wildman–Crippen MR) is 58.4 cm³/mol. The van der Waals surface area contributed by atoms with Gasteiger partial charge in [0.05, 0.1) is 0 Å². The minimum atomic E-state index is 0.431. The lowest BCUT2D eigenvalue weighted by atomic mass is 10.0. The Morgan fingerprint density at radius 2 is 2.33 bits per heavy atom. The van der Waals surface area contributed by atoms with Gasteiger partial charge in [-0.05, 0) is 50.6 Å². The van der Waals surface area contributed by atoms with Crippen LogP contribution in [0.2, 0.25) is 0 Å². The van der Waals surface area contributed by atoms with Gasteiger partial charge in [-0.25, -0.2) is 0 Å². The van der Waals surface area contributed by atoms with Crippen LogP contribution >= 0.6 is 0 Å². The molecule has 84 valence electrons. The zero-order chi connectivity index (χ0) is 10.3. The van der Waals surface area contributed by atoms with E-state index in [9.17, 15) is 4.79 Å². The van der Waals surface area contributed by atoms with Gasteiger partial charge in [0.15, 0.2) is 0 Å². The average Bonchev–Trinajstić information content (AvgIpc) is 2.86. The van der Waals surface area contributed by atoms with Crippen molar-refractivity contribution in [2.75, 3.05) is 26.2 Å². The Morgan fingerprint density at radius 1 is 1.40 bits per heavy atom. The summed E-state index contributed by atoms with van der Waals surface area (Å²) in [5.74, 6) is 2.47. The predicted octanol–water partition coefficient (Wildman–Crippen LogP) is 0.854. The van der Waals surface area contributed by atoms with Gasteiger partial charge in [0.25, 0.3) is 0 Å². The average molecular weight is 208 g/mol. The smallest absolute Gasteiger partial charge is 0.225 e. The van der Waals surface area contributed by atoms with Gasteiger partial charge in [-0.1, -0.05) is 0 Å². The van der Waals surface area contributed by atoms with Crippen molar-refractivity contribution in [3.63, 3.8) is 0 Å². The maximum atomic E-state index is 11.9. The van der Waals surface area contributed by atoms with Crippen LogP contribution in [0, 0.1) is 17.8 Å². The van der Waals surface area contributed by atoms with Crippen molar-refractivity contribution in [2.45, 2.75) is 25.7 Å². The minimum Gasteiger partial charge on any atom is -0.342 e. The molecule has 3 fully saturated rings. The van der Waals surface area contributed by atoms with E-state index in [1.807, 2.05) is 0 Å².